The highest BCUT2D eigenvalue weighted by Gasteiger charge is 2.09. The normalized spacial score (nSPS) is 9.50. The summed E-state index contributed by atoms with van der Waals surface area (Å²) in [6.07, 6.45) is 0. The van der Waals surface area contributed by atoms with Gasteiger partial charge in [-0.15, -0.1) is 0 Å². The lowest BCUT2D eigenvalue weighted by Gasteiger charge is -2.03. The zero-order chi connectivity index (χ0) is 8.97. The van der Waals surface area contributed by atoms with Gasteiger partial charge >= 0.3 is 0 Å². The van der Waals surface area contributed by atoms with Crippen LogP contribution in [0.1, 0.15) is 10.4 Å². The molecular weight excluding hydrogens is 156 g/mol. The van der Waals surface area contributed by atoms with Gasteiger partial charge < -0.3 is 4.74 Å². The molecule has 0 aliphatic carbocycles. The number of carbonyl (C=O) groups excluding carboxylic acids is 1. The summed E-state index contributed by atoms with van der Waals surface area (Å²) >= 11 is 0. The first-order valence-corrected chi connectivity index (χ1v) is 3.54. The Kier molecular flexibility index (Phi) is 2.82. The maximum Gasteiger partial charge on any atom is 0.195 e. The first-order chi connectivity index (χ1) is 5.79. The van der Waals surface area contributed by atoms with Crippen LogP contribution in [0.4, 0.5) is 0 Å². The molecule has 0 unspecified atom stereocenters. The maximum absolute atomic E-state index is 11.0. The fourth-order valence-electron chi connectivity index (χ4n) is 0.953. The minimum Gasteiger partial charge on any atom is -0.496 e. The van der Waals surface area contributed by atoms with Gasteiger partial charge in [0.25, 0.3) is 0 Å². The highest BCUT2D eigenvalue weighted by atomic mass is 16.5. The molecule has 0 aliphatic heterocycles. The van der Waals surface area contributed by atoms with E-state index in [4.69, 9.17) is 4.74 Å². The van der Waals surface area contributed by atoms with Crippen molar-refractivity contribution in [3.8, 4) is 5.75 Å². The molecule has 0 saturated carbocycles. The minimum absolute atomic E-state index is 0.356. The van der Waals surface area contributed by atoms with E-state index in [0.717, 1.165) is 0 Å². The second-order valence-corrected chi connectivity index (χ2v) is 2.27. The highest BCUT2D eigenvalue weighted by molar-refractivity contribution is 5.99. The average molecular weight is 165 g/mol. The van der Waals surface area contributed by atoms with Gasteiger partial charge in [0.05, 0.1) is 12.7 Å². The smallest absolute Gasteiger partial charge is 0.195 e. The standard InChI is InChI=1S/C9H9O3/c1-12-9-5-3-2-4-7(9)8(11)6-10/h2-5H,6H2,1H3. The summed E-state index contributed by atoms with van der Waals surface area (Å²) in [5, 5.41) is 10.3. The molecule has 1 rings (SSSR count). The molecule has 0 saturated heterocycles. The van der Waals surface area contributed by atoms with Gasteiger partial charge in [0, 0.05) is 0 Å². The molecule has 0 amide bonds. The summed E-state index contributed by atoms with van der Waals surface area (Å²) in [6.45, 7) is -0.736. The highest BCUT2D eigenvalue weighted by Crippen LogP contribution is 2.17. The van der Waals surface area contributed by atoms with Crippen LogP contribution in [0.25, 0.3) is 0 Å². The molecule has 3 heteroatoms. The van der Waals surface area contributed by atoms with Crippen LogP contribution in [-0.4, -0.2) is 19.5 Å². The number of ketones is 1. The second-order valence-electron chi connectivity index (χ2n) is 2.27. The monoisotopic (exact) mass is 165 g/mol. The summed E-state index contributed by atoms with van der Waals surface area (Å²) in [7, 11) is 1.47. The van der Waals surface area contributed by atoms with E-state index in [1.165, 1.54) is 7.11 Å². The first kappa shape index (κ1) is 8.74. The molecule has 0 spiro atoms. The molecule has 0 aromatic heterocycles. The van der Waals surface area contributed by atoms with Gasteiger partial charge in [0.15, 0.2) is 5.78 Å². The number of ether oxygens (including phenoxy) is 1. The molecule has 0 bridgehead atoms. The van der Waals surface area contributed by atoms with Gasteiger partial charge in [-0.1, -0.05) is 12.1 Å². The Labute approximate surface area is 70.6 Å². The summed E-state index contributed by atoms with van der Waals surface area (Å²) in [4.78, 5) is 11.0. The van der Waals surface area contributed by atoms with E-state index in [9.17, 15) is 9.90 Å². The van der Waals surface area contributed by atoms with E-state index in [2.05, 4.69) is 0 Å². The minimum atomic E-state index is -0.736. The van der Waals surface area contributed by atoms with Crippen LogP contribution in [-0.2, 0) is 5.11 Å². The van der Waals surface area contributed by atoms with Gasteiger partial charge in [-0.25, -0.2) is 5.11 Å². The molecule has 0 aliphatic rings. The van der Waals surface area contributed by atoms with Crippen molar-refractivity contribution in [2.75, 3.05) is 13.7 Å². The molecule has 1 aromatic carbocycles. The molecule has 12 heavy (non-hydrogen) atoms. The van der Waals surface area contributed by atoms with Crippen molar-refractivity contribution in [3.63, 3.8) is 0 Å². The van der Waals surface area contributed by atoms with Gasteiger partial charge in [-0.3, -0.25) is 4.79 Å². The van der Waals surface area contributed by atoms with E-state index in [1.54, 1.807) is 24.3 Å². The Morgan fingerprint density at radius 2 is 2.08 bits per heavy atom. The molecule has 0 atom stereocenters. The fraction of sp³-hybridized carbons (Fsp3) is 0.222. The summed E-state index contributed by atoms with van der Waals surface area (Å²) in [5.74, 6) is 0.0193. The Balaban J connectivity index is 3.04. The number of methoxy groups -OCH3 is 1. The van der Waals surface area contributed by atoms with E-state index < -0.39 is 12.4 Å². The molecular formula is C9H9O3. The van der Waals surface area contributed by atoms with E-state index in [-0.39, 0.29) is 0 Å². The zero-order valence-electron chi connectivity index (χ0n) is 6.74. The number of hydrogen-bond donors (Lipinski definition) is 0. The van der Waals surface area contributed by atoms with Crippen molar-refractivity contribution in [3.05, 3.63) is 29.8 Å². The van der Waals surface area contributed by atoms with Crippen molar-refractivity contribution >= 4 is 5.78 Å². The largest absolute Gasteiger partial charge is 0.496 e. The third-order valence-electron chi connectivity index (χ3n) is 1.54. The van der Waals surface area contributed by atoms with Crippen molar-refractivity contribution in [2.24, 2.45) is 0 Å². The lowest BCUT2D eigenvalue weighted by molar-refractivity contribution is 0.0824. The Hall–Kier alpha value is -1.35. The lowest BCUT2D eigenvalue weighted by atomic mass is 10.1. The molecule has 1 radical (unpaired) electrons. The van der Waals surface area contributed by atoms with Crippen LogP contribution in [0.2, 0.25) is 0 Å². The molecule has 1 aromatic rings. The maximum atomic E-state index is 11.0. The Bertz CT molecular complexity index is 281. The number of carbonyl (C=O) groups is 1. The zero-order valence-corrected chi connectivity index (χ0v) is 6.74. The van der Waals surface area contributed by atoms with Crippen molar-refractivity contribution < 1.29 is 14.6 Å². The second kappa shape index (κ2) is 3.88. The van der Waals surface area contributed by atoms with E-state index in [1.807, 2.05) is 0 Å². The van der Waals surface area contributed by atoms with Crippen LogP contribution >= 0.6 is 0 Å². The lowest BCUT2D eigenvalue weighted by Crippen LogP contribution is -2.05. The summed E-state index contributed by atoms with van der Waals surface area (Å²) in [6, 6.07) is 6.69. The Morgan fingerprint density at radius 1 is 1.42 bits per heavy atom. The summed E-state index contributed by atoms with van der Waals surface area (Å²) < 4.78 is 4.91. The predicted molar refractivity (Wildman–Crippen MR) is 42.9 cm³/mol. The summed E-state index contributed by atoms with van der Waals surface area (Å²) in [5.41, 5.74) is 0.356. The Morgan fingerprint density at radius 3 is 2.67 bits per heavy atom. The third kappa shape index (κ3) is 1.62. The van der Waals surface area contributed by atoms with Crippen molar-refractivity contribution in [1.82, 2.24) is 0 Å². The number of Topliss-reactive ketones (excluding diaryl/α,β-unsaturated/α-hetero) is 1. The van der Waals surface area contributed by atoms with E-state index >= 15 is 0 Å². The van der Waals surface area contributed by atoms with Gasteiger partial charge in [0.2, 0.25) is 0 Å². The fourth-order valence-corrected chi connectivity index (χ4v) is 0.953. The van der Waals surface area contributed by atoms with Crippen LogP contribution < -0.4 is 4.74 Å². The van der Waals surface area contributed by atoms with Crippen LogP contribution in [0.15, 0.2) is 24.3 Å². The molecule has 0 heterocycles. The van der Waals surface area contributed by atoms with Gasteiger partial charge in [0.1, 0.15) is 12.4 Å². The van der Waals surface area contributed by atoms with Crippen LogP contribution in [0, 0.1) is 0 Å². The first-order valence-electron chi connectivity index (χ1n) is 3.54. The van der Waals surface area contributed by atoms with Crippen LogP contribution in [0.5, 0.6) is 5.75 Å². The topological polar surface area (TPSA) is 46.2 Å². The van der Waals surface area contributed by atoms with Gasteiger partial charge in [-0.05, 0) is 12.1 Å². The van der Waals surface area contributed by atoms with Crippen molar-refractivity contribution in [1.29, 1.82) is 0 Å². The average Bonchev–Trinajstić information content (AvgIpc) is 2.16. The molecule has 63 valence electrons. The van der Waals surface area contributed by atoms with Crippen LogP contribution in [0.3, 0.4) is 0 Å². The number of hydrogen-bond acceptors (Lipinski definition) is 2. The quantitative estimate of drug-likeness (QED) is 0.634. The van der Waals surface area contributed by atoms with Gasteiger partial charge in [-0.2, -0.15) is 0 Å². The number of para-hydroxylation sites is 1. The molecule has 3 nitrogen and oxygen atoms in total. The SMILES string of the molecule is COc1ccccc1C(=O)C[O]. The van der Waals surface area contributed by atoms with Crippen molar-refractivity contribution in [2.45, 2.75) is 0 Å². The molecule has 0 fully saturated rings. The number of rotatable bonds is 3. The van der Waals surface area contributed by atoms with E-state index in [0.29, 0.717) is 11.3 Å². The number of benzene rings is 1. The predicted octanol–water partition coefficient (Wildman–Crippen LogP) is 1.31. The third-order valence-corrected chi connectivity index (χ3v) is 1.54. The molecule has 0 N–H and O–H groups in total.